The van der Waals surface area contributed by atoms with E-state index >= 15 is 0 Å². The number of anilines is 2. The minimum absolute atomic E-state index is 0.197. The second-order valence-electron chi connectivity index (χ2n) is 6.83. The van der Waals surface area contributed by atoms with Crippen molar-refractivity contribution in [3.05, 3.63) is 89.7 Å². The van der Waals surface area contributed by atoms with Crippen LogP contribution in [0.15, 0.2) is 72.8 Å². The molecular formula is C24H21FN2O4. The molecule has 0 bridgehead atoms. The molecule has 2 amide bonds. The number of carbonyl (C=O) groups excluding carboxylic acids is 3. The number of benzene rings is 3. The number of esters is 1. The molecule has 7 heteroatoms. The number of hydrogen-bond acceptors (Lipinski definition) is 4. The Labute approximate surface area is 179 Å². The fraction of sp³-hybridized carbons (Fsp3) is 0.125. The van der Waals surface area contributed by atoms with Crippen LogP contribution >= 0.6 is 0 Å². The highest BCUT2D eigenvalue weighted by molar-refractivity contribution is 6.05. The molecule has 6 nitrogen and oxygen atoms in total. The van der Waals surface area contributed by atoms with Gasteiger partial charge in [-0.15, -0.1) is 0 Å². The van der Waals surface area contributed by atoms with Gasteiger partial charge in [-0.05, 0) is 60.5 Å². The van der Waals surface area contributed by atoms with Gasteiger partial charge in [-0.2, -0.15) is 0 Å². The molecule has 3 rings (SSSR count). The number of nitrogens with one attached hydrogen (secondary N) is 2. The van der Waals surface area contributed by atoms with E-state index in [9.17, 15) is 18.8 Å². The van der Waals surface area contributed by atoms with Gasteiger partial charge in [-0.25, -0.2) is 4.39 Å². The highest BCUT2D eigenvalue weighted by atomic mass is 19.1. The van der Waals surface area contributed by atoms with E-state index in [0.717, 1.165) is 5.56 Å². The van der Waals surface area contributed by atoms with E-state index in [1.165, 1.54) is 25.1 Å². The molecule has 0 fully saturated rings. The van der Waals surface area contributed by atoms with Crippen LogP contribution in [0.1, 0.15) is 29.3 Å². The molecule has 0 saturated carbocycles. The van der Waals surface area contributed by atoms with Gasteiger partial charge in [-0.3, -0.25) is 14.4 Å². The van der Waals surface area contributed by atoms with Gasteiger partial charge in [0.1, 0.15) is 11.6 Å². The average Bonchev–Trinajstić information content (AvgIpc) is 2.72. The van der Waals surface area contributed by atoms with Crippen LogP contribution in [-0.2, 0) is 16.0 Å². The summed E-state index contributed by atoms with van der Waals surface area (Å²) in [5, 5.41) is 5.51. The third kappa shape index (κ3) is 6.78. The van der Waals surface area contributed by atoms with E-state index in [-0.39, 0.29) is 29.8 Å². The number of ether oxygens (including phenoxy) is 1. The van der Waals surface area contributed by atoms with Crippen LogP contribution in [0.2, 0.25) is 0 Å². The predicted molar refractivity (Wildman–Crippen MR) is 115 cm³/mol. The predicted octanol–water partition coefficient (Wildman–Crippen LogP) is 4.57. The first kappa shape index (κ1) is 21.7. The third-order valence-electron chi connectivity index (χ3n) is 4.29. The first-order valence-electron chi connectivity index (χ1n) is 9.63. The highest BCUT2D eigenvalue weighted by Crippen LogP contribution is 2.19. The molecule has 3 aromatic carbocycles. The average molecular weight is 420 g/mol. The molecule has 3 aromatic rings. The van der Waals surface area contributed by atoms with Crippen molar-refractivity contribution < 1.29 is 23.5 Å². The summed E-state index contributed by atoms with van der Waals surface area (Å²) >= 11 is 0. The van der Waals surface area contributed by atoms with Crippen LogP contribution in [0, 0.1) is 5.82 Å². The molecule has 0 aliphatic heterocycles. The smallest absolute Gasteiger partial charge is 0.308 e. The molecule has 0 atom stereocenters. The summed E-state index contributed by atoms with van der Waals surface area (Å²) in [7, 11) is 0. The van der Waals surface area contributed by atoms with Gasteiger partial charge in [0, 0.05) is 30.3 Å². The lowest BCUT2D eigenvalue weighted by Gasteiger charge is -2.10. The first-order valence-corrected chi connectivity index (χ1v) is 9.63. The van der Waals surface area contributed by atoms with E-state index in [4.69, 9.17) is 4.74 Å². The lowest BCUT2D eigenvalue weighted by Crippen LogP contribution is -2.14. The summed E-state index contributed by atoms with van der Waals surface area (Å²) in [4.78, 5) is 35.8. The van der Waals surface area contributed by atoms with Gasteiger partial charge in [0.2, 0.25) is 5.91 Å². The molecule has 0 heterocycles. The standard InChI is InChI=1S/C24H21FN2O4/c1-16(28)31-22-10-3-6-18(14-22)24(30)27-21-9-4-8-20(15-21)26-23(29)12-11-17-5-2-7-19(25)13-17/h2-10,13-15H,11-12H2,1H3,(H,26,29)(H,27,30). The van der Waals surface area contributed by atoms with Crippen molar-refractivity contribution in [1.29, 1.82) is 0 Å². The maximum Gasteiger partial charge on any atom is 0.308 e. The summed E-state index contributed by atoms with van der Waals surface area (Å²) in [6.07, 6.45) is 0.613. The Morgan fingerprint density at radius 1 is 0.871 bits per heavy atom. The van der Waals surface area contributed by atoms with Crippen LogP contribution < -0.4 is 15.4 Å². The van der Waals surface area contributed by atoms with Crippen molar-refractivity contribution in [2.24, 2.45) is 0 Å². The molecule has 0 unspecified atom stereocenters. The monoisotopic (exact) mass is 420 g/mol. The molecule has 0 saturated heterocycles. The van der Waals surface area contributed by atoms with Crippen LogP contribution in [0.4, 0.5) is 15.8 Å². The zero-order valence-corrected chi connectivity index (χ0v) is 16.9. The number of rotatable bonds is 7. The van der Waals surface area contributed by atoms with Crippen molar-refractivity contribution in [3.63, 3.8) is 0 Å². The molecule has 31 heavy (non-hydrogen) atoms. The Morgan fingerprint density at radius 2 is 1.58 bits per heavy atom. The molecule has 158 valence electrons. The number of amides is 2. The first-order chi connectivity index (χ1) is 14.9. The maximum atomic E-state index is 13.2. The Kier molecular flexibility index (Phi) is 7.11. The summed E-state index contributed by atoms with van der Waals surface area (Å²) in [5.41, 5.74) is 2.08. The quantitative estimate of drug-likeness (QED) is 0.433. The molecule has 0 radical (unpaired) electrons. The Balaban J connectivity index is 1.59. The van der Waals surface area contributed by atoms with Crippen molar-refractivity contribution >= 4 is 29.2 Å². The Morgan fingerprint density at radius 3 is 2.32 bits per heavy atom. The highest BCUT2D eigenvalue weighted by Gasteiger charge is 2.10. The van der Waals surface area contributed by atoms with Crippen LogP contribution in [-0.4, -0.2) is 17.8 Å². The van der Waals surface area contributed by atoms with Crippen molar-refractivity contribution in [1.82, 2.24) is 0 Å². The maximum absolute atomic E-state index is 13.2. The Hall–Kier alpha value is -4.00. The van der Waals surface area contributed by atoms with Gasteiger partial charge in [0.05, 0.1) is 0 Å². The minimum Gasteiger partial charge on any atom is -0.427 e. The van der Waals surface area contributed by atoms with Crippen LogP contribution in [0.3, 0.4) is 0 Å². The fourth-order valence-corrected chi connectivity index (χ4v) is 2.92. The van der Waals surface area contributed by atoms with Crippen LogP contribution in [0.25, 0.3) is 0 Å². The third-order valence-corrected chi connectivity index (χ3v) is 4.29. The number of aryl methyl sites for hydroxylation is 1. The molecule has 0 aliphatic carbocycles. The van der Waals surface area contributed by atoms with Crippen molar-refractivity contribution in [3.8, 4) is 5.75 Å². The van der Waals surface area contributed by atoms with Gasteiger partial charge < -0.3 is 15.4 Å². The summed E-state index contributed by atoms with van der Waals surface area (Å²) in [5.74, 6) is -1.14. The lowest BCUT2D eigenvalue weighted by molar-refractivity contribution is -0.131. The lowest BCUT2D eigenvalue weighted by atomic mass is 10.1. The molecular weight excluding hydrogens is 399 g/mol. The number of carbonyl (C=O) groups is 3. The summed E-state index contributed by atoms with van der Waals surface area (Å²) in [6, 6.07) is 19.1. The van der Waals surface area contributed by atoms with Crippen molar-refractivity contribution in [2.45, 2.75) is 19.8 Å². The number of halogens is 1. The van der Waals surface area contributed by atoms with Gasteiger partial charge >= 0.3 is 5.97 Å². The van der Waals surface area contributed by atoms with E-state index < -0.39 is 5.97 Å². The van der Waals surface area contributed by atoms with Gasteiger partial charge in [-0.1, -0.05) is 24.3 Å². The van der Waals surface area contributed by atoms with E-state index in [1.54, 1.807) is 54.6 Å². The van der Waals surface area contributed by atoms with Gasteiger partial charge in [0.15, 0.2) is 0 Å². The zero-order valence-electron chi connectivity index (χ0n) is 16.9. The van der Waals surface area contributed by atoms with Gasteiger partial charge in [0.25, 0.3) is 5.91 Å². The fourth-order valence-electron chi connectivity index (χ4n) is 2.92. The summed E-state index contributed by atoms with van der Waals surface area (Å²) in [6.45, 7) is 1.28. The van der Waals surface area contributed by atoms with Crippen molar-refractivity contribution in [2.75, 3.05) is 10.6 Å². The SMILES string of the molecule is CC(=O)Oc1cccc(C(=O)Nc2cccc(NC(=O)CCc3cccc(F)c3)c2)c1. The van der Waals surface area contributed by atoms with Crippen LogP contribution in [0.5, 0.6) is 5.75 Å². The molecule has 0 spiro atoms. The minimum atomic E-state index is -0.474. The Bertz CT molecular complexity index is 1110. The van der Waals surface area contributed by atoms with E-state index in [0.29, 0.717) is 23.4 Å². The van der Waals surface area contributed by atoms with E-state index in [1.807, 2.05) is 0 Å². The molecule has 2 N–H and O–H groups in total. The second-order valence-corrected chi connectivity index (χ2v) is 6.83. The zero-order chi connectivity index (χ0) is 22.2. The second kappa shape index (κ2) is 10.2. The summed E-state index contributed by atoms with van der Waals surface area (Å²) < 4.78 is 18.2. The largest absolute Gasteiger partial charge is 0.427 e. The normalized spacial score (nSPS) is 10.3. The molecule has 0 aromatic heterocycles. The molecule has 0 aliphatic rings. The topological polar surface area (TPSA) is 84.5 Å². The number of hydrogen-bond donors (Lipinski definition) is 2. The van der Waals surface area contributed by atoms with E-state index in [2.05, 4.69) is 10.6 Å².